The monoisotopic (exact) mass is 415 g/mol. The second kappa shape index (κ2) is 9.00. The van der Waals surface area contributed by atoms with Crippen LogP contribution in [0.25, 0.3) is 0 Å². The van der Waals surface area contributed by atoms with Gasteiger partial charge in [0.1, 0.15) is 5.75 Å². The lowest BCUT2D eigenvalue weighted by molar-refractivity contribution is -0.384. The van der Waals surface area contributed by atoms with E-state index in [4.69, 9.17) is 9.84 Å². The summed E-state index contributed by atoms with van der Waals surface area (Å²) in [6.45, 7) is 2.08. The van der Waals surface area contributed by atoms with Crippen molar-refractivity contribution in [2.24, 2.45) is 5.10 Å². The van der Waals surface area contributed by atoms with Crippen molar-refractivity contribution in [2.45, 2.75) is 32.2 Å². The maximum absolute atomic E-state index is 10.9. The standard InChI is InChI=1S/C25H25N3O3/c1-18-3-11-22(12-4-18)27-25(20-8-15-24(31-2)16-9-20)17-21(26-27)10-5-19-6-13-23(14-7-19)28(29)30/h3-4,6-9,11-16,25H,5,10,17H2,1-2H3. The van der Waals surface area contributed by atoms with Crippen LogP contribution in [0.5, 0.6) is 5.75 Å². The number of aryl methyl sites for hydroxylation is 2. The van der Waals surface area contributed by atoms with Gasteiger partial charge in [0.25, 0.3) is 5.69 Å². The fraction of sp³-hybridized carbons (Fsp3) is 0.240. The first kappa shape index (κ1) is 20.6. The maximum atomic E-state index is 10.9. The molecular weight excluding hydrogens is 390 g/mol. The van der Waals surface area contributed by atoms with E-state index in [2.05, 4.69) is 48.3 Å². The van der Waals surface area contributed by atoms with Gasteiger partial charge in [-0.25, -0.2) is 0 Å². The molecule has 3 aromatic rings. The van der Waals surface area contributed by atoms with Crippen LogP contribution in [0.3, 0.4) is 0 Å². The lowest BCUT2D eigenvalue weighted by Crippen LogP contribution is -2.18. The first-order chi connectivity index (χ1) is 15.0. The lowest BCUT2D eigenvalue weighted by Gasteiger charge is -2.24. The second-order valence-corrected chi connectivity index (χ2v) is 7.76. The van der Waals surface area contributed by atoms with Crippen molar-refractivity contribution < 1.29 is 9.66 Å². The molecular formula is C25H25N3O3. The third-order valence-electron chi connectivity index (χ3n) is 5.62. The van der Waals surface area contributed by atoms with E-state index < -0.39 is 0 Å². The van der Waals surface area contributed by atoms with Crippen molar-refractivity contribution >= 4 is 17.1 Å². The van der Waals surface area contributed by atoms with Crippen LogP contribution in [0.4, 0.5) is 11.4 Å². The van der Waals surface area contributed by atoms with E-state index in [0.29, 0.717) is 0 Å². The molecule has 1 unspecified atom stereocenters. The largest absolute Gasteiger partial charge is 0.497 e. The highest BCUT2D eigenvalue weighted by atomic mass is 16.6. The molecule has 0 saturated carbocycles. The molecule has 31 heavy (non-hydrogen) atoms. The molecule has 0 aliphatic carbocycles. The first-order valence-corrected chi connectivity index (χ1v) is 10.3. The number of non-ortho nitro benzene ring substituents is 1. The Morgan fingerprint density at radius 3 is 2.29 bits per heavy atom. The van der Waals surface area contributed by atoms with Gasteiger partial charge in [-0.05, 0) is 55.2 Å². The van der Waals surface area contributed by atoms with Crippen molar-refractivity contribution in [3.05, 3.63) is 99.6 Å². The molecule has 0 radical (unpaired) electrons. The minimum Gasteiger partial charge on any atom is -0.497 e. The smallest absolute Gasteiger partial charge is 0.269 e. The molecule has 3 aromatic carbocycles. The number of methoxy groups -OCH3 is 1. The molecule has 0 amide bonds. The minimum atomic E-state index is -0.371. The number of hydrogen-bond donors (Lipinski definition) is 0. The Bertz CT molecular complexity index is 1070. The number of nitrogens with zero attached hydrogens (tertiary/aromatic N) is 3. The summed E-state index contributed by atoms with van der Waals surface area (Å²) < 4.78 is 5.30. The summed E-state index contributed by atoms with van der Waals surface area (Å²) >= 11 is 0. The molecule has 1 aliphatic heterocycles. The number of nitro groups is 1. The zero-order valence-corrected chi connectivity index (χ0v) is 17.7. The van der Waals surface area contributed by atoms with Crippen LogP contribution < -0.4 is 9.75 Å². The molecule has 0 N–H and O–H groups in total. The Balaban J connectivity index is 1.54. The van der Waals surface area contributed by atoms with Crippen LogP contribution in [0.15, 0.2) is 77.9 Å². The van der Waals surface area contributed by atoms with Crippen LogP contribution in [-0.4, -0.2) is 17.7 Å². The van der Waals surface area contributed by atoms with E-state index in [1.165, 1.54) is 11.1 Å². The molecule has 6 nitrogen and oxygen atoms in total. The van der Waals surface area contributed by atoms with E-state index in [9.17, 15) is 10.1 Å². The van der Waals surface area contributed by atoms with Crippen molar-refractivity contribution in [3.8, 4) is 5.75 Å². The van der Waals surface area contributed by atoms with Crippen LogP contribution in [0.2, 0.25) is 0 Å². The number of rotatable bonds is 7. The Hall–Kier alpha value is -3.67. The highest BCUT2D eigenvalue weighted by Crippen LogP contribution is 2.36. The van der Waals surface area contributed by atoms with Gasteiger partial charge in [-0.15, -0.1) is 0 Å². The molecule has 158 valence electrons. The molecule has 0 fully saturated rings. The van der Waals surface area contributed by atoms with Gasteiger partial charge in [0, 0.05) is 24.3 Å². The fourth-order valence-corrected chi connectivity index (χ4v) is 3.82. The van der Waals surface area contributed by atoms with Gasteiger partial charge >= 0.3 is 0 Å². The summed E-state index contributed by atoms with van der Waals surface area (Å²) in [5, 5.41) is 17.9. The number of nitro benzene ring substituents is 1. The second-order valence-electron chi connectivity index (χ2n) is 7.76. The summed E-state index contributed by atoms with van der Waals surface area (Å²) in [6, 6.07) is 23.5. The summed E-state index contributed by atoms with van der Waals surface area (Å²) in [6.07, 6.45) is 2.45. The average Bonchev–Trinajstić information content (AvgIpc) is 3.23. The van der Waals surface area contributed by atoms with Gasteiger partial charge in [0.2, 0.25) is 0 Å². The maximum Gasteiger partial charge on any atom is 0.269 e. The van der Waals surface area contributed by atoms with E-state index >= 15 is 0 Å². The number of hydrogen-bond acceptors (Lipinski definition) is 5. The van der Waals surface area contributed by atoms with Gasteiger partial charge in [0.05, 0.1) is 23.8 Å². The number of hydrazone groups is 1. The summed E-state index contributed by atoms with van der Waals surface area (Å²) in [5.41, 5.74) is 5.79. The van der Waals surface area contributed by atoms with Crippen molar-refractivity contribution in [1.82, 2.24) is 0 Å². The lowest BCUT2D eigenvalue weighted by atomic mass is 9.98. The summed E-state index contributed by atoms with van der Waals surface area (Å²) in [5.74, 6) is 0.836. The molecule has 0 aromatic heterocycles. The first-order valence-electron chi connectivity index (χ1n) is 10.3. The van der Waals surface area contributed by atoms with Crippen LogP contribution in [0, 0.1) is 17.0 Å². The Morgan fingerprint density at radius 1 is 1.00 bits per heavy atom. The molecule has 1 heterocycles. The predicted molar refractivity (Wildman–Crippen MR) is 123 cm³/mol. The Kier molecular flexibility index (Phi) is 5.98. The Labute approximate surface area is 181 Å². The fourth-order valence-electron chi connectivity index (χ4n) is 3.82. The van der Waals surface area contributed by atoms with Crippen LogP contribution >= 0.6 is 0 Å². The molecule has 0 spiro atoms. The van der Waals surface area contributed by atoms with E-state index in [1.54, 1.807) is 19.2 Å². The molecule has 1 atom stereocenters. The van der Waals surface area contributed by atoms with Crippen LogP contribution in [-0.2, 0) is 6.42 Å². The van der Waals surface area contributed by atoms with Crippen molar-refractivity contribution in [2.75, 3.05) is 12.1 Å². The third kappa shape index (κ3) is 4.74. The van der Waals surface area contributed by atoms with Gasteiger partial charge in [-0.1, -0.05) is 42.0 Å². The molecule has 0 bridgehead atoms. The number of ether oxygens (including phenoxy) is 1. The number of anilines is 1. The predicted octanol–water partition coefficient (Wildman–Crippen LogP) is 5.85. The molecule has 4 rings (SSSR count). The van der Waals surface area contributed by atoms with Gasteiger partial charge in [-0.2, -0.15) is 5.10 Å². The number of benzene rings is 3. The Morgan fingerprint density at radius 2 is 1.68 bits per heavy atom. The van der Waals surface area contributed by atoms with E-state index in [1.807, 2.05) is 24.3 Å². The topological polar surface area (TPSA) is 68.0 Å². The highest BCUT2D eigenvalue weighted by molar-refractivity contribution is 5.89. The van der Waals surface area contributed by atoms with E-state index in [0.717, 1.165) is 42.0 Å². The van der Waals surface area contributed by atoms with Crippen molar-refractivity contribution in [3.63, 3.8) is 0 Å². The highest BCUT2D eigenvalue weighted by Gasteiger charge is 2.29. The molecule has 0 saturated heterocycles. The molecule has 1 aliphatic rings. The SMILES string of the molecule is COc1ccc(C2CC(CCc3ccc([N+](=O)[O-])cc3)=NN2c2ccc(C)cc2)cc1. The normalized spacial score (nSPS) is 15.6. The van der Waals surface area contributed by atoms with Gasteiger partial charge in [-0.3, -0.25) is 15.1 Å². The minimum absolute atomic E-state index is 0.118. The quantitative estimate of drug-likeness (QED) is 0.358. The van der Waals surface area contributed by atoms with Crippen LogP contribution in [0.1, 0.15) is 35.6 Å². The average molecular weight is 415 g/mol. The van der Waals surface area contributed by atoms with Gasteiger partial charge < -0.3 is 4.74 Å². The summed E-state index contributed by atoms with van der Waals surface area (Å²) in [7, 11) is 1.67. The zero-order valence-electron chi connectivity index (χ0n) is 17.7. The van der Waals surface area contributed by atoms with E-state index in [-0.39, 0.29) is 16.7 Å². The van der Waals surface area contributed by atoms with Gasteiger partial charge in [0.15, 0.2) is 0 Å². The zero-order chi connectivity index (χ0) is 21.8. The summed E-state index contributed by atoms with van der Waals surface area (Å²) in [4.78, 5) is 10.5. The molecule has 6 heteroatoms. The third-order valence-corrected chi connectivity index (χ3v) is 5.62. The van der Waals surface area contributed by atoms with Crippen molar-refractivity contribution in [1.29, 1.82) is 0 Å².